The first-order valence-electron chi connectivity index (χ1n) is 5.16. The number of hydrogen-bond acceptors (Lipinski definition) is 5. The van der Waals surface area contributed by atoms with Crippen LogP contribution < -0.4 is 16.6 Å². The van der Waals surface area contributed by atoms with E-state index < -0.39 is 0 Å². The van der Waals surface area contributed by atoms with Gasteiger partial charge in [0.05, 0.1) is 5.69 Å². The van der Waals surface area contributed by atoms with Crippen LogP contribution in [0.15, 0.2) is 47.5 Å². The van der Waals surface area contributed by atoms with Gasteiger partial charge in [0.1, 0.15) is 5.82 Å². The third-order valence-corrected chi connectivity index (χ3v) is 3.09. The molecule has 0 bridgehead atoms. The number of nitrogen functional groups attached to an aromatic ring is 1. The molecule has 4 nitrogen and oxygen atoms in total. The minimum absolute atomic E-state index is 0.636. The van der Waals surface area contributed by atoms with Crippen LogP contribution in [0.2, 0.25) is 0 Å². The Morgan fingerprint density at radius 3 is 2.82 bits per heavy atom. The molecule has 0 amide bonds. The Morgan fingerprint density at radius 2 is 2.06 bits per heavy atom. The highest BCUT2D eigenvalue weighted by atomic mass is 32.2. The van der Waals surface area contributed by atoms with Crippen LogP contribution in [0.5, 0.6) is 0 Å². The molecule has 0 spiro atoms. The van der Waals surface area contributed by atoms with Crippen molar-refractivity contribution in [1.29, 1.82) is 0 Å². The van der Waals surface area contributed by atoms with Crippen molar-refractivity contribution < 1.29 is 0 Å². The predicted molar refractivity (Wildman–Crippen MR) is 73.6 cm³/mol. The number of thioether (sulfide) groups is 1. The van der Waals surface area contributed by atoms with Crippen molar-refractivity contribution in [1.82, 2.24) is 4.98 Å². The Labute approximate surface area is 105 Å². The fraction of sp³-hybridized carbons (Fsp3) is 0.0833. The number of para-hydroxylation sites is 1. The lowest BCUT2D eigenvalue weighted by atomic mass is 10.3. The van der Waals surface area contributed by atoms with Crippen molar-refractivity contribution >= 4 is 29.0 Å². The van der Waals surface area contributed by atoms with Gasteiger partial charge in [-0.05, 0) is 24.5 Å². The van der Waals surface area contributed by atoms with E-state index in [-0.39, 0.29) is 0 Å². The molecule has 17 heavy (non-hydrogen) atoms. The minimum Gasteiger partial charge on any atom is -0.354 e. The fourth-order valence-electron chi connectivity index (χ4n) is 1.49. The molecule has 4 N–H and O–H groups in total. The fourth-order valence-corrected chi connectivity index (χ4v) is 2.04. The van der Waals surface area contributed by atoms with E-state index in [1.165, 1.54) is 4.90 Å². The maximum Gasteiger partial charge on any atom is 0.141 e. The number of pyridine rings is 1. The van der Waals surface area contributed by atoms with Crippen LogP contribution in [0.25, 0.3) is 0 Å². The van der Waals surface area contributed by atoms with Gasteiger partial charge < -0.3 is 10.7 Å². The highest BCUT2D eigenvalue weighted by Gasteiger charge is 2.01. The van der Waals surface area contributed by atoms with E-state index in [0.29, 0.717) is 5.82 Å². The molecular formula is C12H14N4S. The SMILES string of the molecule is CSc1ccccc1Nc1ccnc(NN)c1. The number of aromatic nitrogens is 1. The van der Waals surface area contributed by atoms with Crippen LogP contribution in [-0.2, 0) is 0 Å². The molecule has 0 saturated heterocycles. The lowest BCUT2D eigenvalue weighted by molar-refractivity contribution is 1.23. The van der Waals surface area contributed by atoms with Crippen LogP contribution >= 0.6 is 11.8 Å². The maximum atomic E-state index is 5.32. The summed E-state index contributed by atoms with van der Waals surface area (Å²) in [6.07, 6.45) is 3.76. The van der Waals surface area contributed by atoms with E-state index in [9.17, 15) is 0 Å². The molecule has 1 aromatic carbocycles. The predicted octanol–water partition coefficient (Wildman–Crippen LogP) is 2.83. The van der Waals surface area contributed by atoms with Crippen LogP contribution in [0.4, 0.5) is 17.2 Å². The van der Waals surface area contributed by atoms with Crippen molar-refractivity contribution in [2.24, 2.45) is 5.84 Å². The first-order valence-corrected chi connectivity index (χ1v) is 6.38. The van der Waals surface area contributed by atoms with Gasteiger partial charge in [-0.1, -0.05) is 12.1 Å². The van der Waals surface area contributed by atoms with Crippen LogP contribution in [0, 0.1) is 0 Å². The maximum absolute atomic E-state index is 5.32. The van der Waals surface area contributed by atoms with Gasteiger partial charge in [-0.3, -0.25) is 0 Å². The Kier molecular flexibility index (Phi) is 3.85. The third kappa shape index (κ3) is 2.89. The molecule has 0 aliphatic carbocycles. The number of anilines is 3. The van der Waals surface area contributed by atoms with Crippen LogP contribution in [0.1, 0.15) is 0 Å². The number of hydrogen-bond donors (Lipinski definition) is 3. The van der Waals surface area contributed by atoms with Gasteiger partial charge in [-0.2, -0.15) is 0 Å². The van der Waals surface area contributed by atoms with Gasteiger partial charge in [0.15, 0.2) is 0 Å². The lowest BCUT2D eigenvalue weighted by Gasteiger charge is -2.10. The Hall–Kier alpha value is -1.72. The summed E-state index contributed by atoms with van der Waals surface area (Å²) in [7, 11) is 0. The van der Waals surface area contributed by atoms with Gasteiger partial charge >= 0.3 is 0 Å². The quantitative estimate of drug-likeness (QED) is 0.440. The van der Waals surface area contributed by atoms with Crippen LogP contribution in [0.3, 0.4) is 0 Å². The van der Waals surface area contributed by atoms with Crippen molar-refractivity contribution in [3.05, 3.63) is 42.6 Å². The minimum atomic E-state index is 0.636. The summed E-state index contributed by atoms with van der Waals surface area (Å²) in [5.74, 6) is 5.96. The number of hydrazine groups is 1. The second-order valence-electron chi connectivity index (χ2n) is 3.40. The average molecular weight is 246 g/mol. The molecule has 0 radical (unpaired) electrons. The molecule has 0 fully saturated rings. The number of nitrogens with two attached hydrogens (primary N) is 1. The smallest absolute Gasteiger partial charge is 0.141 e. The average Bonchev–Trinajstić information content (AvgIpc) is 2.39. The van der Waals surface area contributed by atoms with E-state index in [1.54, 1.807) is 18.0 Å². The Morgan fingerprint density at radius 1 is 1.24 bits per heavy atom. The zero-order chi connectivity index (χ0) is 12.1. The Balaban J connectivity index is 2.24. The second kappa shape index (κ2) is 5.56. The molecule has 0 atom stereocenters. The zero-order valence-electron chi connectivity index (χ0n) is 9.47. The topological polar surface area (TPSA) is 63.0 Å². The molecule has 2 rings (SSSR count). The van der Waals surface area contributed by atoms with E-state index in [2.05, 4.69) is 28.0 Å². The Bertz CT molecular complexity index is 501. The molecule has 1 heterocycles. The van der Waals surface area contributed by atoms with E-state index in [4.69, 9.17) is 5.84 Å². The van der Waals surface area contributed by atoms with E-state index in [1.807, 2.05) is 30.3 Å². The zero-order valence-corrected chi connectivity index (χ0v) is 10.3. The highest BCUT2D eigenvalue weighted by Crippen LogP contribution is 2.27. The van der Waals surface area contributed by atoms with Crippen molar-refractivity contribution in [3.63, 3.8) is 0 Å². The second-order valence-corrected chi connectivity index (χ2v) is 4.25. The van der Waals surface area contributed by atoms with Gasteiger partial charge in [0.25, 0.3) is 0 Å². The summed E-state index contributed by atoms with van der Waals surface area (Å²) in [5, 5.41) is 3.34. The van der Waals surface area contributed by atoms with Crippen molar-refractivity contribution in [3.8, 4) is 0 Å². The molecule has 0 aliphatic rings. The number of nitrogens with one attached hydrogen (secondary N) is 2. The molecule has 0 unspecified atom stereocenters. The molecule has 88 valence electrons. The number of nitrogens with zero attached hydrogens (tertiary/aromatic N) is 1. The summed E-state index contributed by atoms with van der Waals surface area (Å²) in [5.41, 5.74) is 4.56. The van der Waals surface area contributed by atoms with Gasteiger partial charge in [-0.15, -0.1) is 11.8 Å². The summed E-state index contributed by atoms with van der Waals surface area (Å²) < 4.78 is 0. The van der Waals surface area contributed by atoms with Gasteiger partial charge in [-0.25, -0.2) is 10.8 Å². The van der Waals surface area contributed by atoms with Gasteiger partial charge in [0, 0.05) is 22.8 Å². The summed E-state index contributed by atoms with van der Waals surface area (Å²) >= 11 is 1.71. The molecule has 0 aliphatic heterocycles. The first kappa shape index (κ1) is 11.8. The van der Waals surface area contributed by atoms with E-state index in [0.717, 1.165) is 11.4 Å². The highest BCUT2D eigenvalue weighted by molar-refractivity contribution is 7.98. The number of rotatable bonds is 4. The summed E-state index contributed by atoms with van der Waals surface area (Å²) in [4.78, 5) is 5.26. The molecule has 0 saturated carbocycles. The number of benzene rings is 1. The van der Waals surface area contributed by atoms with Gasteiger partial charge in [0.2, 0.25) is 0 Å². The molecular weight excluding hydrogens is 232 g/mol. The molecule has 2 aromatic rings. The summed E-state index contributed by atoms with van der Waals surface area (Å²) in [6, 6.07) is 11.9. The third-order valence-electron chi connectivity index (χ3n) is 2.29. The van der Waals surface area contributed by atoms with E-state index >= 15 is 0 Å². The standard InChI is InChI=1S/C12H14N4S/c1-17-11-5-3-2-4-10(11)15-9-6-7-14-12(8-9)16-13/h2-8H,13H2,1H3,(H2,14,15,16). The largest absolute Gasteiger partial charge is 0.354 e. The molecule has 1 aromatic heterocycles. The normalized spacial score (nSPS) is 10.0. The first-order chi connectivity index (χ1) is 8.33. The van der Waals surface area contributed by atoms with Crippen molar-refractivity contribution in [2.75, 3.05) is 17.0 Å². The van der Waals surface area contributed by atoms with Crippen LogP contribution in [-0.4, -0.2) is 11.2 Å². The van der Waals surface area contributed by atoms with Crippen molar-refractivity contribution in [2.45, 2.75) is 4.90 Å². The monoisotopic (exact) mass is 246 g/mol. The summed E-state index contributed by atoms with van der Waals surface area (Å²) in [6.45, 7) is 0. The molecule has 5 heteroatoms. The lowest BCUT2D eigenvalue weighted by Crippen LogP contribution is -2.08.